The van der Waals surface area contributed by atoms with Crippen molar-refractivity contribution < 1.29 is 27.5 Å². The number of carboxylic acid groups (broad SMARTS) is 1. The van der Waals surface area contributed by atoms with Crippen LogP contribution in [0.2, 0.25) is 0 Å². The summed E-state index contributed by atoms with van der Waals surface area (Å²) in [6.45, 7) is 0. The van der Waals surface area contributed by atoms with Gasteiger partial charge in [-0.2, -0.15) is 13.2 Å². The van der Waals surface area contributed by atoms with E-state index in [9.17, 15) is 23.1 Å². The van der Waals surface area contributed by atoms with Crippen molar-refractivity contribution in [3.8, 4) is 0 Å². The molecule has 1 unspecified atom stereocenters. The lowest BCUT2D eigenvalue weighted by Gasteiger charge is -2.44. The Kier molecular flexibility index (Phi) is 8.45. The number of hydrogen-bond acceptors (Lipinski definition) is 2. The monoisotopic (exact) mass is 497 g/mol. The second-order valence-corrected chi connectivity index (χ2v) is 11.3. The SMILES string of the molecule is O=C(O)C[C@@H]1CC[C@@H](NC(CC2CCCC2)C2(F)CCCCC2)[C@H](c2ccc(C(F)(F)F)cc2)C1. The normalized spacial score (nSPS) is 28.6. The first-order valence-electron chi connectivity index (χ1n) is 13.5. The van der Waals surface area contributed by atoms with E-state index in [-0.39, 0.29) is 30.3 Å². The van der Waals surface area contributed by atoms with Crippen LogP contribution in [0.5, 0.6) is 0 Å². The minimum absolute atomic E-state index is 0.0276. The molecule has 3 fully saturated rings. The van der Waals surface area contributed by atoms with Crippen LogP contribution in [-0.4, -0.2) is 28.8 Å². The number of carboxylic acids is 1. The Balaban J connectivity index is 1.57. The highest BCUT2D eigenvalue weighted by molar-refractivity contribution is 5.67. The third kappa shape index (κ3) is 6.78. The molecule has 2 N–H and O–H groups in total. The lowest BCUT2D eigenvalue weighted by molar-refractivity contribution is -0.139. The Morgan fingerprint density at radius 2 is 1.63 bits per heavy atom. The highest BCUT2D eigenvalue weighted by Crippen LogP contribution is 2.43. The quantitative estimate of drug-likeness (QED) is 0.363. The summed E-state index contributed by atoms with van der Waals surface area (Å²) in [6.07, 6.45) is 7.17. The molecule has 0 aliphatic heterocycles. The standard InChI is InChI=1S/C28H39F4NO2/c29-27(14-4-1-5-15-27)25(17-19-6-2-3-7-19)33-24-13-8-20(18-26(34)35)16-23(24)21-9-11-22(12-10-21)28(30,31)32/h9-12,19-20,23-25,33H,1-8,13-18H2,(H,34,35)/t20-,23+,24-,25?/m1/s1. The van der Waals surface area contributed by atoms with E-state index in [0.29, 0.717) is 31.6 Å². The Morgan fingerprint density at radius 3 is 2.23 bits per heavy atom. The highest BCUT2D eigenvalue weighted by atomic mass is 19.4. The largest absolute Gasteiger partial charge is 0.481 e. The summed E-state index contributed by atoms with van der Waals surface area (Å²) in [4.78, 5) is 11.4. The van der Waals surface area contributed by atoms with Gasteiger partial charge in [-0.15, -0.1) is 0 Å². The number of benzene rings is 1. The van der Waals surface area contributed by atoms with Crippen LogP contribution in [0.1, 0.15) is 107 Å². The second kappa shape index (κ2) is 11.2. The molecule has 0 amide bonds. The third-order valence-electron chi connectivity index (χ3n) is 8.86. The van der Waals surface area contributed by atoms with Crippen molar-refractivity contribution in [3.63, 3.8) is 0 Å². The average molecular weight is 498 g/mol. The van der Waals surface area contributed by atoms with E-state index in [1.54, 1.807) is 0 Å². The molecular formula is C28H39F4NO2. The summed E-state index contributed by atoms with van der Waals surface area (Å²) in [5.41, 5.74) is -1.15. The van der Waals surface area contributed by atoms with Gasteiger partial charge in [0.25, 0.3) is 0 Å². The Hall–Kier alpha value is -1.63. The predicted molar refractivity (Wildman–Crippen MR) is 128 cm³/mol. The van der Waals surface area contributed by atoms with E-state index in [4.69, 9.17) is 0 Å². The van der Waals surface area contributed by atoms with Crippen LogP contribution in [0, 0.1) is 11.8 Å². The molecule has 35 heavy (non-hydrogen) atoms. The van der Waals surface area contributed by atoms with E-state index >= 15 is 4.39 Å². The Bertz CT molecular complexity index is 828. The molecule has 3 aliphatic rings. The first-order chi connectivity index (χ1) is 16.6. The molecule has 0 heterocycles. The number of hydrogen-bond donors (Lipinski definition) is 2. The van der Waals surface area contributed by atoms with Crippen molar-refractivity contribution in [1.29, 1.82) is 0 Å². The zero-order valence-corrected chi connectivity index (χ0v) is 20.5. The third-order valence-corrected chi connectivity index (χ3v) is 8.86. The maximum atomic E-state index is 16.3. The van der Waals surface area contributed by atoms with E-state index in [0.717, 1.165) is 62.6 Å². The topological polar surface area (TPSA) is 49.3 Å². The van der Waals surface area contributed by atoms with Gasteiger partial charge in [0.05, 0.1) is 5.56 Å². The van der Waals surface area contributed by atoms with Gasteiger partial charge < -0.3 is 10.4 Å². The molecule has 0 spiro atoms. The molecule has 0 bridgehead atoms. The summed E-state index contributed by atoms with van der Waals surface area (Å²) in [6, 6.07) is 4.95. The Labute approximate surface area is 206 Å². The molecule has 1 aromatic rings. The fraction of sp³-hybridized carbons (Fsp3) is 0.750. The number of alkyl halides is 4. The van der Waals surface area contributed by atoms with E-state index in [2.05, 4.69) is 5.32 Å². The minimum Gasteiger partial charge on any atom is -0.481 e. The summed E-state index contributed by atoms with van der Waals surface area (Å²) in [5.74, 6) is -0.486. The van der Waals surface area contributed by atoms with Gasteiger partial charge in [0.15, 0.2) is 0 Å². The average Bonchev–Trinajstić information content (AvgIpc) is 3.32. The highest BCUT2D eigenvalue weighted by Gasteiger charge is 2.44. The van der Waals surface area contributed by atoms with Crippen molar-refractivity contribution in [2.75, 3.05) is 0 Å². The number of rotatable bonds is 8. The maximum absolute atomic E-state index is 16.3. The zero-order chi connectivity index (χ0) is 25.1. The first kappa shape index (κ1) is 26.4. The van der Waals surface area contributed by atoms with Crippen LogP contribution in [0.25, 0.3) is 0 Å². The number of nitrogens with one attached hydrogen (secondary N) is 1. The van der Waals surface area contributed by atoms with E-state index in [1.165, 1.54) is 25.0 Å². The fourth-order valence-corrected chi connectivity index (χ4v) is 6.93. The summed E-state index contributed by atoms with van der Waals surface area (Å²) in [7, 11) is 0. The first-order valence-corrected chi connectivity index (χ1v) is 13.5. The molecule has 0 saturated heterocycles. The van der Waals surface area contributed by atoms with Crippen LogP contribution < -0.4 is 5.32 Å². The van der Waals surface area contributed by atoms with E-state index < -0.39 is 23.4 Å². The van der Waals surface area contributed by atoms with Crippen molar-refractivity contribution >= 4 is 5.97 Å². The molecule has 3 saturated carbocycles. The molecule has 4 rings (SSSR count). The summed E-state index contributed by atoms with van der Waals surface area (Å²) >= 11 is 0. The van der Waals surface area contributed by atoms with Crippen molar-refractivity contribution in [3.05, 3.63) is 35.4 Å². The zero-order valence-electron chi connectivity index (χ0n) is 20.5. The van der Waals surface area contributed by atoms with Gasteiger partial charge in [0.2, 0.25) is 0 Å². The van der Waals surface area contributed by atoms with Crippen LogP contribution in [0.4, 0.5) is 17.6 Å². The molecule has 0 radical (unpaired) electrons. The molecule has 196 valence electrons. The van der Waals surface area contributed by atoms with Gasteiger partial charge in [-0.25, -0.2) is 4.39 Å². The lowest BCUT2D eigenvalue weighted by atomic mass is 9.71. The van der Waals surface area contributed by atoms with Crippen LogP contribution in [-0.2, 0) is 11.0 Å². The van der Waals surface area contributed by atoms with Crippen LogP contribution >= 0.6 is 0 Å². The lowest BCUT2D eigenvalue weighted by Crippen LogP contribution is -2.55. The van der Waals surface area contributed by atoms with Crippen molar-refractivity contribution in [2.24, 2.45) is 11.8 Å². The van der Waals surface area contributed by atoms with Crippen LogP contribution in [0.15, 0.2) is 24.3 Å². The predicted octanol–water partition coefficient (Wildman–Crippen LogP) is 7.64. The van der Waals surface area contributed by atoms with Crippen molar-refractivity contribution in [2.45, 2.75) is 120 Å². The van der Waals surface area contributed by atoms with Gasteiger partial charge >= 0.3 is 12.1 Å². The Morgan fingerprint density at radius 1 is 0.971 bits per heavy atom. The van der Waals surface area contributed by atoms with Gasteiger partial charge in [0, 0.05) is 18.5 Å². The van der Waals surface area contributed by atoms with Gasteiger partial charge in [-0.05, 0) is 74.0 Å². The molecule has 4 atom stereocenters. The maximum Gasteiger partial charge on any atom is 0.416 e. The molecule has 3 aliphatic carbocycles. The summed E-state index contributed by atoms with van der Waals surface area (Å²) < 4.78 is 55.8. The molecular weight excluding hydrogens is 458 g/mol. The number of aliphatic carboxylic acids is 1. The molecule has 0 aromatic heterocycles. The summed E-state index contributed by atoms with van der Waals surface area (Å²) in [5, 5.41) is 13.0. The number of halogens is 4. The molecule has 7 heteroatoms. The fourth-order valence-electron chi connectivity index (χ4n) is 6.93. The molecule has 1 aromatic carbocycles. The van der Waals surface area contributed by atoms with Crippen LogP contribution in [0.3, 0.4) is 0 Å². The van der Waals surface area contributed by atoms with Gasteiger partial charge in [-0.3, -0.25) is 4.79 Å². The number of carbonyl (C=O) groups is 1. The smallest absolute Gasteiger partial charge is 0.416 e. The second-order valence-electron chi connectivity index (χ2n) is 11.3. The van der Waals surface area contributed by atoms with Gasteiger partial charge in [0.1, 0.15) is 5.67 Å². The van der Waals surface area contributed by atoms with Crippen molar-refractivity contribution in [1.82, 2.24) is 5.32 Å². The van der Waals surface area contributed by atoms with Gasteiger partial charge in [-0.1, -0.05) is 57.1 Å². The minimum atomic E-state index is -4.40. The van der Waals surface area contributed by atoms with E-state index in [1.807, 2.05) is 0 Å². The molecule has 3 nitrogen and oxygen atoms in total.